The van der Waals surface area contributed by atoms with E-state index in [1.165, 1.54) is 11.3 Å². The fraction of sp³-hybridized carbons (Fsp3) is 0.462. The van der Waals surface area contributed by atoms with Crippen LogP contribution in [0.2, 0.25) is 0 Å². The molecule has 88 valence electrons. The molecule has 3 nitrogen and oxygen atoms in total. The highest BCUT2D eigenvalue weighted by Crippen LogP contribution is 2.25. The summed E-state index contributed by atoms with van der Waals surface area (Å²) in [6.45, 7) is 8.39. The third-order valence-electron chi connectivity index (χ3n) is 2.80. The van der Waals surface area contributed by atoms with Gasteiger partial charge in [-0.1, -0.05) is 13.0 Å². The zero-order chi connectivity index (χ0) is 12.0. The van der Waals surface area contributed by atoms with E-state index >= 15 is 0 Å². The highest BCUT2D eigenvalue weighted by molar-refractivity contribution is 5.74. The summed E-state index contributed by atoms with van der Waals surface area (Å²) in [5.41, 5.74) is 3.40. The van der Waals surface area contributed by atoms with E-state index in [-0.39, 0.29) is 0 Å². The number of aryl methyl sites for hydroxylation is 1. The molecule has 1 rings (SSSR count). The first-order valence-corrected chi connectivity index (χ1v) is 5.84. The SMILES string of the molecule is CCc1ccc(NC=O)cc1N(CC)CC. The van der Waals surface area contributed by atoms with Gasteiger partial charge in [-0.2, -0.15) is 0 Å². The first-order chi connectivity index (χ1) is 7.76. The van der Waals surface area contributed by atoms with Crippen molar-refractivity contribution in [3.05, 3.63) is 23.8 Å². The lowest BCUT2D eigenvalue weighted by atomic mass is 10.1. The molecular weight excluding hydrogens is 200 g/mol. The van der Waals surface area contributed by atoms with Gasteiger partial charge in [-0.3, -0.25) is 4.79 Å². The average Bonchev–Trinajstić information content (AvgIpc) is 2.31. The Morgan fingerprint density at radius 2 is 1.94 bits per heavy atom. The van der Waals surface area contributed by atoms with Gasteiger partial charge in [0.25, 0.3) is 0 Å². The first-order valence-electron chi connectivity index (χ1n) is 5.84. The second-order valence-corrected chi connectivity index (χ2v) is 3.63. The van der Waals surface area contributed by atoms with Gasteiger partial charge in [-0.25, -0.2) is 0 Å². The van der Waals surface area contributed by atoms with Crippen LogP contribution in [-0.2, 0) is 11.2 Å². The number of hydrogen-bond acceptors (Lipinski definition) is 2. The molecule has 0 aliphatic heterocycles. The summed E-state index contributed by atoms with van der Waals surface area (Å²) in [4.78, 5) is 12.7. The van der Waals surface area contributed by atoms with Gasteiger partial charge in [0.1, 0.15) is 0 Å². The second kappa shape index (κ2) is 6.16. The van der Waals surface area contributed by atoms with Gasteiger partial charge < -0.3 is 10.2 Å². The summed E-state index contributed by atoms with van der Waals surface area (Å²) in [5, 5.41) is 2.70. The number of rotatable bonds is 6. The van der Waals surface area contributed by atoms with Gasteiger partial charge in [0.05, 0.1) is 0 Å². The maximum atomic E-state index is 10.4. The maximum Gasteiger partial charge on any atom is 0.211 e. The van der Waals surface area contributed by atoms with Gasteiger partial charge in [0.2, 0.25) is 6.41 Å². The number of nitrogens with one attached hydrogen (secondary N) is 1. The average molecular weight is 220 g/mol. The lowest BCUT2D eigenvalue weighted by Crippen LogP contribution is -2.23. The lowest BCUT2D eigenvalue weighted by molar-refractivity contribution is -0.105. The summed E-state index contributed by atoms with van der Waals surface area (Å²) in [7, 11) is 0. The summed E-state index contributed by atoms with van der Waals surface area (Å²) in [6, 6.07) is 6.07. The molecule has 0 saturated carbocycles. The molecule has 1 amide bonds. The molecule has 0 atom stereocenters. The van der Waals surface area contributed by atoms with Gasteiger partial charge in [0, 0.05) is 24.5 Å². The molecule has 1 aromatic rings. The number of carbonyl (C=O) groups excluding carboxylic acids is 1. The van der Waals surface area contributed by atoms with Crippen molar-refractivity contribution >= 4 is 17.8 Å². The van der Waals surface area contributed by atoms with E-state index in [9.17, 15) is 4.79 Å². The minimum Gasteiger partial charge on any atom is -0.372 e. The predicted molar refractivity (Wildman–Crippen MR) is 69.1 cm³/mol. The zero-order valence-electron chi connectivity index (χ0n) is 10.3. The van der Waals surface area contributed by atoms with Crippen LogP contribution in [0.1, 0.15) is 26.3 Å². The summed E-state index contributed by atoms with van der Waals surface area (Å²) >= 11 is 0. The van der Waals surface area contributed by atoms with E-state index in [2.05, 4.69) is 37.1 Å². The monoisotopic (exact) mass is 220 g/mol. The normalized spacial score (nSPS) is 9.94. The van der Waals surface area contributed by atoms with Crippen molar-refractivity contribution in [3.63, 3.8) is 0 Å². The fourth-order valence-corrected chi connectivity index (χ4v) is 1.88. The topological polar surface area (TPSA) is 32.3 Å². The molecule has 0 bridgehead atoms. The van der Waals surface area contributed by atoms with Crippen LogP contribution in [0.15, 0.2) is 18.2 Å². The highest BCUT2D eigenvalue weighted by atomic mass is 16.1. The highest BCUT2D eigenvalue weighted by Gasteiger charge is 2.07. The van der Waals surface area contributed by atoms with Crippen molar-refractivity contribution in [1.29, 1.82) is 0 Å². The van der Waals surface area contributed by atoms with Crippen molar-refractivity contribution < 1.29 is 4.79 Å². The van der Waals surface area contributed by atoms with E-state index in [0.29, 0.717) is 6.41 Å². The Balaban J connectivity index is 3.09. The molecule has 0 unspecified atom stereocenters. The molecule has 0 aliphatic rings. The largest absolute Gasteiger partial charge is 0.372 e. The number of amides is 1. The maximum absolute atomic E-state index is 10.4. The van der Waals surface area contributed by atoms with Crippen molar-refractivity contribution in [2.75, 3.05) is 23.3 Å². The van der Waals surface area contributed by atoms with Crippen molar-refractivity contribution in [2.45, 2.75) is 27.2 Å². The zero-order valence-corrected chi connectivity index (χ0v) is 10.3. The molecule has 0 radical (unpaired) electrons. The van der Waals surface area contributed by atoms with Crippen LogP contribution in [-0.4, -0.2) is 19.5 Å². The Kier molecular flexibility index (Phi) is 4.83. The van der Waals surface area contributed by atoms with Gasteiger partial charge in [0.15, 0.2) is 0 Å². The minimum absolute atomic E-state index is 0.715. The number of anilines is 2. The van der Waals surface area contributed by atoms with Crippen molar-refractivity contribution in [3.8, 4) is 0 Å². The molecule has 1 aromatic carbocycles. The summed E-state index contributed by atoms with van der Waals surface area (Å²) in [6.07, 6.45) is 1.72. The van der Waals surface area contributed by atoms with E-state index in [4.69, 9.17) is 0 Å². The van der Waals surface area contributed by atoms with E-state index in [1.807, 2.05) is 12.1 Å². The Hall–Kier alpha value is -1.51. The van der Waals surface area contributed by atoms with Crippen molar-refractivity contribution in [2.24, 2.45) is 0 Å². The van der Waals surface area contributed by atoms with Crippen LogP contribution in [0.25, 0.3) is 0 Å². The molecule has 0 fully saturated rings. The van der Waals surface area contributed by atoms with Crippen LogP contribution in [0.3, 0.4) is 0 Å². The Morgan fingerprint density at radius 1 is 1.25 bits per heavy atom. The standard InChI is InChI=1S/C13H20N2O/c1-4-11-7-8-12(14-10-16)9-13(11)15(5-2)6-3/h7-10H,4-6H2,1-3H3,(H,14,16). The number of nitrogens with zero attached hydrogens (tertiary/aromatic N) is 1. The van der Waals surface area contributed by atoms with Crippen LogP contribution in [0.4, 0.5) is 11.4 Å². The molecule has 0 aliphatic carbocycles. The fourth-order valence-electron chi connectivity index (χ4n) is 1.88. The third kappa shape index (κ3) is 2.75. The summed E-state index contributed by atoms with van der Waals surface area (Å²) in [5.74, 6) is 0. The smallest absolute Gasteiger partial charge is 0.211 e. The minimum atomic E-state index is 0.715. The number of hydrogen-bond donors (Lipinski definition) is 1. The molecule has 16 heavy (non-hydrogen) atoms. The second-order valence-electron chi connectivity index (χ2n) is 3.63. The Labute approximate surface area is 97.5 Å². The molecule has 0 heterocycles. The Bertz CT molecular complexity index is 346. The van der Waals surface area contributed by atoms with Crippen molar-refractivity contribution in [1.82, 2.24) is 0 Å². The van der Waals surface area contributed by atoms with Crippen LogP contribution < -0.4 is 10.2 Å². The third-order valence-corrected chi connectivity index (χ3v) is 2.80. The number of carbonyl (C=O) groups is 1. The van der Waals surface area contributed by atoms with Gasteiger partial charge in [-0.15, -0.1) is 0 Å². The molecule has 0 spiro atoms. The van der Waals surface area contributed by atoms with E-state index < -0.39 is 0 Å². The van der Waals surface area contributed by atoms with Crippen LogP contribution in [0.5, 0.6) is 0 Å². The van der Waals surface area contributed by atoms with E-state index in [1.54, 1.807) is 0 Å². The summed E-state index contributed by atoms with van der Waals surface area (Å²) < 4.78 is 0. The first kappa shape index (κ1) is 12.6. The van der Waals surface area contributed by atoms with Crippen LogP contribution in [0, 0.1) is 0 Å². The lowest BCUT2D eigenvalue weighted by Gasteiger charge is -2.24. The van der Waals surface area contributed by atoms with Gasteiger partial charge in [-0.05, 0) is 38.0 Å². The molecule has 3 heteroatoms. The molecule has 0 saturated heterocycles. The predicted octanol–water partition coefficient (Wildman–Crippen LogP) is 2.66. The Morgan fingerprint density at radius 3 is 2.44 bits per heavy atom. The molecule has 1 N–H and O–H groups in total. The quantitative estimate of drug-likeness (QED) is 0.747. The van der Waals surface area contributed by atoms with Crippen LogP contribution >= 0.6 is 0 Å². The molecule has 0 aromatic heterocycles. The van der Waals surface area contributed by atoms with Gasteiger partial charge >= 0.3 is 0 Å². The molecular formula is C13H20N2O. The number of benzene rings is 1. The van der Waals surface area contributed by atoms with E-state index in [0.717, 1.165) is 25.2 Å².